The van der Waals surface area contributed by atoms with Crippen molar-refractivity contribution in [3.63, 3.8) is 0 Å². The number of aliphatic carboxylic acids is 1. The lowest BCUT2D eigenvalue weighted by Crippen LogP contribution is -2.44. The van der Waals surface area contributed by atoms with Crippen molar-refractivity contribution in [1.82, 2.24) is 10.6 Å². The molecule has 2 atom stereocenters. The Morgan fingerprint density at radius 1 is 1.00 bits per heavy atom. The number of rotatable bonds is 10. The number of carboxylic acids is 1. The lowest BCUT2D eigenvalue weighted by Gasteiger charge is -2.18. The molecule has 0 radical (unpaired) electrons. The monoisotopic (exact) mass is 468 g/mol. The fraction of sp³-hybridized carbons (Fsp3) is 0.286. The largest absolute Gasteiger partial charge is 0.480 e. The molecule has 0 unspecified atom stereocenters. The first-order valence-electron chi connectivity index (χ1n) is 9.34. The smallest absolute Gasteiger partial charge is 0.407 e. The number of amides is 2. The third-order valence-electron chi connectivity index (χ3n) is 4.22. The summed E-state index contributed by atoms with van der Waals surface area (Å²) in [5, 5.41) is 24.6. The molecule has 0 heterocycles. The quantitative estimate of drug-likeness (QED) is 0.424. The molecule has 0 saturated carbocycles. The fourth-order valence-electron chi connectivity index (χ4n) is 2.65. The van der Waals surface area contributed by atoms with Crippen molar-refractivity contribution in [3.8, 4) is 0 Å². The van der Waals surface area contributed by atoms with Crippen LogP contribution in [0.4, 0.5) is 4.79 Å². The van der Waals surface area contributed by atoms with Crippen molar-refractivity contribution in [2.24, 2.45) is 0 Å². The predicted octanol–water partition coefficient (Wildman–Crippen LogP) is 2.78. The first kappa shape index (κ1) is 24.5. The minimum Gasteiger partial charge on any atom is -0.480 e. The van der Waals surface area contributed by atoms with Gasteiger partial charge in [0, 0.05) is 23.0 Å². The summed E-state index contributed by atoms with van der Waals surface area (Å²) in [6.07, 6.45) is -2.53. The maximum absolute atomic E-state index is 12.1. The average molecular weight is 469 g/mol. The highest BCUT2D eigenvalue weighted by molar-refractivity contribution is 6.36. The molecule has 0 aromatic heterocycles. The molecule has 2 aromatic carbocycles. The molecule has 0 bridgehead atoms. The number of carbonyl (C=O) groups is 3. The van der Waals surface area contributed by atoms with E-state index >= 15 is 0 Å². The second kappa shape index (κ2) is 12.1. The summed E-state index contributed by atoms with van der Waals surface area (Å²) in [7, 11) is 0. The Hall–Kier alpha value is -2.81. The molecule has 31 heavy (non-hydrogen) atoms. The van der Waals surface area contributed by atoms with Crippen LogP contribution in [0.1, 0.15) is 17.5 Å². The SMILES string of the molecule is O=C(C[C@H](O)CNC(=O)OCc1ccccc1)N[C@@H](Cc1c(Cl)cccc1Cl)C(=O)O. The van der Waals surface area contributed by atoms with E-state index in [0.29, 0.717) is 5.56 Å². The van der Waals surface area contributed by atoms with Crippen LogP contribution in [0.5, 0.6) is 0 Å². The summed E-state index contributed by atoms with van der Waals surface area (Å²) < 4.78 is 5.00. The Kier molecular flexibility index (Phi) is 9.58. The lowest BCUT2D eigenvalue weighted by molar-refractivity contribution is -0.142. The minimum atomic E-state index is -1.29. The Bertz CT molecular complexity index is 890. The van der Waals surface area contributed by atoms with Gasteiger partial charge < -0.3 is 25.6 Å². The van der Waals surface area contributed by atoms with Gasteiger partial charge in [0.2, 0.25) is 5.91 Å². The van der Waals surface area contributed by atoms with E-state index in [1.165, 1.54) is 0 Å². The highest BCUT2D eigenvalue weighted by atomic mass is 35.5. The second-order valence-electron chi connectivity index (χ2n) is 6.66. The summed E-state index contributed by atoms with van der Waals surface area (Å²) in [6.45, 7) is -0.177. The normalized spacial score (nSPS) is 12.5. The second-order valence-corrected chi connectivity index (χ2v) is 7.48. The van der Waals surface area contributed by atoms with Gasteiger partial charge in [0.15, 0.2) is 0 Å². The molecule has 2 aromatic rings. The van der Waals surface area contributed by atoms with E-state index in [-0.39, 0.29) is 29.6 Å². The molecule has 2 rings (SSSR count). The van der Waals surface area contributed by atoms with Crippen LogP contribution in [0, 0.1) is 0 Å². The standard InChI is InChI=1S/C21H22Cl2N2O6/c22-16-7-4-8-17(23)15(16)10-18(20(28)29)25-19(27)9-14(26)11-24-21(30)31-12-13-5-2-1-3-6-13/h1-8,14,18,26H,9-12H2,(H,24,30)(H,25,27)(H,28,29)/t14-,18-/m0/s1. The van der Waals surface area contributed by atoms with Gasteiger partial charge in [0.05, 0.1) is 12.5 Å². The first-order valence-corrected chi connectivity index (χ1v) is 10.1. The van der Waals surface area contributed by atoms with E-state index in [4.69, 9.17) is 27.9 Å². The molecule has 2 amide bonds. The molecule has 10 heteroatoms. The molecule has 0 fully saturated rings. The number of halogens is 2. The highest BCUT2D eigenvalue weighted by Crippen LogP contribution is 2.25. The average Bonchev–Trinajstić information content (AvgIpc) is 2.73. The number of hydrogen-bond donors (Lipinski definition) is 4. The van der Waals surface area contributed by atoms with Crippen molar-refractivity contribution in [2.75, 3.05) is 6.54 Å². The molecular weight excluding hydrogens is 447 g/mol. The van der Waals surface area contributed by atoms with Crippen molar-refractivity contribution < 1.29 is 29.3 Å². The molecule has 0 aliphatic carbocycles. The van der Waals surface area contributed by atoms with E-state index in [2.05, 4.69) is 10.6 Å². The molecule has 0 saturated heterocycles. The fourth-order valence-corrected chi connectivity index (χ4v) is 3.20. The van der Waals surface area contributed by atoms with Gasteiger partial charge in [0.25, 0.3) is 0 Å². The lowest BCUT2D eigenvalue weighted by atomic mass is 10.1. The van der Waals surface area contributed by atoms with Crippen molar-refractivity contribution in [2.45, 2.75) is 31.6 Å². The minimum absolute atomic E-state index is 0.0636. The van der Waals surface area contributed by atoms with Crippen LogP contribution >= 0.6 is 23.2 Å². The van der Waals surface area contributed by atoms with Gasteiger partial charge >= 0.3 is 12.1 Å². The summed E-state index contributed by atoms with van der Waals surface area (Å²) in [6, 6.07) is 12.5. The molecule has 4 N–H and O–H groups in total. The van der Waals surface area contributed by atoms with E-state index < -0.39 is 36.5 Å². The highest BCUT2D eigenvalue weighted by Gasteiger charge is 2.24. The molecule has 0 spiro atoms. The zero-order chi connectivity index (χ0) is 22.8. The molecule has 8 nitrogen and oxygen atoms in total. The third-order valence-corrected chi connectivity index (χ3v) is 4.93. The van der Waals surface area contributed by atoms with Crippen LogP contribution in [-0.4, -0.2) is 46.9 Å². The summed E-state index contributed by atoms with van der Waals surface area (Å²) in [5.74, 6) is -1.98. The number of aliphatic hydroxyl groups is 1. The van der Waals surface area contributed by atoms with Gasteiger partial charge in [-0.15, -0.1) is 0 Å². The van der Waals surface area contributed by atoms with Crippen LogP contribution in [0.15, 0.2) is 48.5 Å². The number of alkyl carbamates (subject to hydrolysis) is 1. The first-order chi connectivity index (χ1) is 14.8. The molecule has 166 valence electrons. The molecule has 0 aliphatic rings. The van der Waals surface area contributed by atoms with Gasteiger partial charge in [-0.25, -0.2) is 9.59 Å². The van der Waals surface area contributed by atoms with Crippen LogP contribution < -0.4 is 10.6 Å². The van der Waals surface area contributed by atoms with E-state index in [1.807, 2.05) is 18.2 Å². The maximum Gasteiger partial charge on any atom is 0.407 e. The number of ether oxygens (including phenoxy) is 1. The predicted molar refractivity (Wildman–Crippen MR) is 115 cm³/mol. The van der Waals surface area contributed by atoms with E-state index in [9.17, 15) is 24.6 Å². The number of hydrogen-bond acceptors (Lipinski definition) is 5. The third kappa shape index (κ3) is 8.45. The van der Waals surface area contributed by atoms with Crippen molar-refractivity contribution >= 4 is 41.2 Å². The summed E-state index contributed by atoms with van der Waals surface area (Å²) >= 11 is 12.1. The van der Waals surface area contributed by atoms with Gasteiger partial charge in [-0.05, 0) is 23.3 Å². The topological polar surface area (TPSA) is 125 Å². The van der Waals surface area contributed by atoms with Crippen LogP contribution in [0.25, 0.3) is 0 Å². The number of carbonyl (C=O) groups excluding carboxylic acids is 2. The van der Waals surface area contributed by atoms with Gasteiger partial charge in [-0.2, -0.15) is 0 Å². The Morgan fingerprint density at radius 3 is 2.26 bits per heavy atom. The molecule has 0 aliphatic heterocycles. The van der Waals surface area contributed by atoms with Crippen molar-refractivity contribution in [1.29, 1.82) is 0 Å². The van der Waals surface area contributed by atoms with Crippen LogP contribution in [-0.2, 0) is 27.4 Å². The Morgan fingerprint density at radius 2 is 1.65 bits per heavy atom. The number of benzene rings is 2. The maximum atomic E-state index is 12.1. The number of nitrogens with one attached hydrogen (secondary N) is 2. The van der Waals surface area contributed by atoms with E-state index in [0.717, 1.165) is 5.56 Å². The van der Waals surface area contributed by atoms with E-state index in [1.54, 1.807) is 30.3 Å². The number of aliphatic hydroxyl groups excluding tert-OH is 1. The Labute approximate surface area is 189 Å². The number of carboxylic acid groups (broad SMARTS) is 1. The van der Waals surface area contributed by atoms with Crippen molar-refractivity contribution in [3.05, 3.63) is 69.7 Å². The van der Waals surface area contributed by atoms with Gasteiger partial charge in [0.1, 0.15) is 12.6 Å². The zero-order valence-corrected chi connectivity index (χ0v) is 17.9. The summed E-state index contributed by atoms with van der Waals surface area (Å²) in [5.41, 5.74) is 1.19. The zero-order valence-electron chi connectivity index (χ0n) is 16.4. The summed E-state index contributed by atoms with van der Waals surface area (Å²) in [4.78, 5) is 35.3. The van der Waals surface area contributed by atoms with Gasteiger partial charge in [-0.3, -0.25) is 4.79 Å². The Balaban J connectivity index is 1.78. The van der Waals surface area contributed by atoms with Crippen LogP contribution in [0.2, 0.25) is 10.0 Å². The van der Waals surface area contributed by atoms with Gasteiger partial charge in [-0.1, -0.05) is 59.6 Å². The van der Waals surface area contributed by atoms with Crippen LogP contribution in [0.3, 0.4) is 0 Å². The molecular formula is C21H22Cl2N2O6.